The van der Waals surface area contributed by atoms with E-state index in [1.165, 1.54) is 17.2 Å². The zero-order valence-corrected chi connectivity index (χ0v) is 17.3. The van der Waals surface area contributed by atoms with Gasteiger partial charge in [-0.2, -0.15) is 0 Å². The van der Waals surface area contributed by atoms with Gasteiger partial charge in [-0.3, -0.25) is 4.79 Å². The molecule has 1 heterocycles. The first-order chi connectivity index (χ1) is 15.0. The van der Waals surface area contributed by atoms with Crippen LogP contribution in [0.4, 0.5) is 14.5 Å². The second-order valence-corrected chi connectivity index (χ2v) is 7.84. The molecule has 0 aliphatic carbocycles. The molecular formula is C26H24F2N2O. The Kier molecular flexibility index (Phi) is 6.12. The summed E-state index contributed by atoms with van der Waals surface area (Å²) in [5.41, 5.74) is 3.66. The van der Waals surface area contributed by atoms with Crippen LogP contribution in [0.15, 0.2) is 84.6 Å². The Morgan fingerprint density at radius 1 is 0.968 bits per heavy atom. The van der Waals surface area contributed by atoms with Gasteiger partial charge in [-0.15, -0.1) is 0 Å². The Labute approximate surface area is 181 Å². The van der Waals surface area contributed by atoms with Crippen molar-refractivity contribution in [3.8, 4) is 0 Å². The van der Waals surface area contributed by atoms with Crippen molar-refractivity contribution in [2.45, 2.75) is 25.8 Å². The topological polar surface area (TPSA) is 32.3 Å². The highest BCUT2D eigenvalue weighted by atomic mass is 19.1. The number of anilines is 1. The molecule has 5 heteroatoms. The molecule has 0 aromatic heterocycles. The van der Waals surface area contributed by atoms with E-state index < -0.39 is 23.1 Å². The summed E-state index contributed by atoms with van der Waals surface area (Å²) in [6.45, 7) is 3.99. The maximum Gasteiger partial charge on any atom is 0.261 e. The number of nitrogens with one attached hydrogen (secondary N) is 1. The van der Waals surface area contributed by atoms with E-state index in [0.717, 1.165) is 37.2 Å². The molecule has 0 fully saturated rings. The number of hydrogen-bond acceptors (Lipinski definition) is 2. The van der Waals surface area contributed by atoms with Crippen LogP contribution in [0.1, 0.15) is 40.7 Å². The minimum atomic E-state index is -0.878. The molecule has 4 rings (SSSR count). The number of rotatable bonds is 5. The first-order valence-electron chi connectivity index (χ1n) is 10.3. The fourth-order valence-corrected chi connectivity index (χ4v) is 4.04. The fourth-order valence-electron chi connectivity index (χ4n) is 4.04. The van der Waals surface area contributed by atoms with Gasteiger partial charge in [-0.05, 0) is 60.5 Å². The largest absolute Gasteiger partial charge is 0.373 e. The van der Waals surface area contributed by atoms with Gasteiger partial charge in [0.2, 0.25) is 0 Å². The standard InChI is InChI=1S/C26H24F2N2O/c1-18-16-30(17-19-6-3-2-4-7-19)15-14-22(18)20-10-12-21(13-11-20)29-26(31)25-23(27)8-5-9-24(25)28/h2-13,16,22H,14-15,17H2,1H3,(H,29,31). The molecule has 0 saturated heterocycles. The van der Waals surface area contributed by atoms with Gasteiger partial charge in [0.15, 0.2) is 0 Å². The van der Waals surface area contributed by atoms with Crippen molar-refractivity contribution in [2.24, 2.45) is 0 Å². The Bertz CT molecular complexity index is 1070. The van der Waals surface area contributed by atoms with Gasteiger partial charge in [0.05, 0.1) is 0 Å². The van der Waals surface area contributed by atoms with E-state index >= 15 is 0 Å². The summed E-state index contributed by atoms with van der Waals surface area (Å²) >= 11 is 0. The Balaban J connectivity index is 1.42. The van der Waals surface area contributed by atoms with E-state index in [-0.39, 0.29) is 0 Å². The summed E-state index contributed by atoms with van der Waals surface area (Å²) in [7, 11) is 0. The highest BCUT2D eigenvalue weighted by molar-refractivity contribution is 6.04. The summed E-state index contributed by atoms with van der Waals surface area (Å²) in [5, 5.41) is 2.57. The van der Waals surface area contributed by atoms with Gasteiger partial charge in [0, 0.05) is 24.7 Å². The summed E-state index contributed by atoms with van der Waals surface area (Å²) < 4.78 is 27.6. The van der Waals surface area contributed by atoms with Crippen molar-refractivity contribution >= 4 is 11.6 Å². The zero-order valence-electron chi connectivity index (χ0n) is 17.3. The SMILES string of the molecule is CC1=CN(Cc2ccccc2)CCC1c1ccc(NC(=O)c2c(F)cccc2F)cc1. The number of allylic oxidation sites excluding steroid dienone is 1. The Hall–Kier alpha value is -3.47. The first-order valence-corrected chi connectivity index (χ1v) is 10.3. The summed E-state index contributed by atoms with van der Waals surface area (Å²) in [6, 6.07) is 21.2. The minimum absolute atomic E-state index is 0.306. The molecule has 0 spiro atoms. The smallest absolute Gasteiger partial charge is 0.261 e. The Morgan fingerprint density at radius 2 is 1.65 bits per heavy atom. The molecule has 31 heavy (non-hydrogen) atoms. The maximum atomic E-state index is 13.8. The van der Waals surface area contributed by atoms with E-state index in [1.54, 1.807) is 12.1 Å². The van der Waals surface area contributed by atoms with E-state index in [2.05, 4.69) is 47.6 Å². The molecule has 3 nitrogen and oxygen atoms in total. The predicted molar refractivity (Wildman–Crippen MR) is 119 cm³/mol. The average molecular weight is 418 g/mol. The van der Waals surface area contributed by atoms with Crippen molar-refractivity contribution in [2.75, 3.05) is 11.9 Å². The number of carbonyl (C=O) groups excluding carboxylic acids is 1. The second-order valence-electron chi connectivity index (χ2n) is 7.84. The summed E-state index contributed by atoms with van der Waals surface area (Å²) in [6.07, 6.45) is 3.22. The van der Waals surface area contributed by atoms with Crippen molar-refractivity contribution in [1.29, 1.82) is 0 Å². The molecule has 1 aliphatic heterocycles. The maximum absolute atomic E-state index is 13.8. The van der Waals surface area contributed by atoms with E-state index in [0.29, 0.717) is 11.6 Å². The quantitative estimate of drug-likeness (QED) is 0.542. The van der Waals surface area contributed by atoms with Gasteiger partial charge >= 0.3 is 0 Å². The molecule has 1 aliphatic rings. The Morgan fingerprint density at radius 3 is 2.29 bits per heavy atom. The molecule has 158 valence electrons. The number of benzene rings is 3. The number of hydrogen-bond donors (Lipinski definition) is 1. The molecule has 0 radical (unpaired) electrons. The van der Waals surface area contributed by atoms with Crippen LogP contribution in [-0.4, -0.2) is 17.4 Å². The third-order valence-corrected chi connectivity index (χ3v) is 5.63. The molecule has 1 N–H and O–H groups in total. The summed E-state index contributed by atoms with van der Waals surface area (Å²) in [5.74, 6) is -2.25. The molecule has 1 amide bonds. The number of carbonyl (C=O) groups is 1. The van der Waals surface area contributed by atoms with Gasteiger partial charge in [-0.1, -0.05) is 48.5 Å². The van der Waals surface area contributed by atoms with Crippen LogP contribution in [0.3, 0.4) is 0 Å². The molecular weight excluding hydrogens is 394 g/mol. The van der Waals surface area contributed by atoms with Crippen LogP contribution in [0.25, 0.3) is 0 Å². The lowest BCUT2D eigenvalue weighted by Crippen LogP contribution is -2.25. The van der Waals surface area contributed by atoms with Crippen LogP contribution in [0, 0.1) is 11.6 Å². The molecule has 0 saturated carbocycles. The predicted octanol–water partition coefficient (Wildman–Crippen LogP) is 6.11. The van der Waals surface area contributed by atoms with Gasteiger partial charge in [0.1, 0.15) is 17.2 Å². The number of halogens is 2. The second kappa shape index (κ2) is 9.13. The van der Waals surface area contributed by atoms with Gasteiger partial charge in [-0.25, -0.2) is 8.78 Å². The molecule has 0 bridgehead atoms. The third kappa shape index (κ3) is 4.82. The molecule has 1 unspecified atom stereocenters. The van der Waals surface area contributed by atoms with E-state index in [9.17, 15) is 13.6 Å². The lowest BCUT2D eigenvalue weighted by Gasteiger charge is -2.31. The number of amides is 1. The number of nitrogens with zero attached hydrogens (tertiary/aromatic N) is 1. The van der Waals surface area contributed by atoms with Gasteiger partial charge in [0.25, 0.3) is 5.91 Å². The zero-order chi connectivity index (χ0) is 21.8. The van der Waals surface area contributed by atoms with Crippen LogP contribution >= 0.6 is 0 Å². The van der Waals surface area contributed by atoms with Crippen LogP contribution in [-0.2, 0) is 6.54 Å². The van der Waals surface area contributed by atoms with Crippen molar-refractivity contribution < 1.29 is 13.6 Å². The molecule has 1 atom stereocenters. The molecule has 3 aromatic rings. The van der Waals surface area contributed by atoms with Crippen LogP contribution in [0.5, 0.6) is 0 Å². The van der Waals surface area contributed by atoms with Crippen LogP contribution in [0.2, 0.25) is 0 Å². The lowest BCUT2D eigenvalue weighted by atomic mass is 9.87. The van der Waals surface area contributed by atoms with E-state index in [4.69, 9.17) is 0 Å². The van der Waals surface area contributed by atoms with Crippen molar-refractivity contribution in [3.63, 3.8) is 0 Å². The van der Waals surface area contributed by atoms with Gasteiger partial charge < -0.3 is 10.2 Å². The van der Waals surface area contributed by atoms with Crippen molar-refractivity contribution in [3.05, 3.63) is 113 Å². The normalized spacial score (nSPS) is 16.0. The molecule has 3 aromatic carbocycles. The monoisotopic (exact) mass is 418 g/mol. The lowest BCUT2D eigenvalue weighted by molar-refractivity contribution is 0.101. The highest BCUT2D eigenvalue weighted by Crippen LogP contribution is 2.33. The minimum Gasteiger partial charge on any atom is -0.373 e. The summed E-state index contributed by atoms with van der Waals surface area (Å²) in [4.78, 5) is 14.6. The third-order valence-electron chi connectivity index (χ3n) is 5.63. The first kappa shape index (κ1) is 20.8. The fraction of sp³-hybridized carbons (Fsp3) is 0.192. The van der Waals surface area contributed by atoms with E-state index in [1.807, 2.05) is 18.2 Å². The average Bonchev–Trinajstić information content (AvgIpc) is 2.75. The van der Waals surface area contributed by atoms with Crippen molar-refractivity contribution in [1.82, 2.24) is 4.90 Å². The highest BCUT2D eigenvalue weighted by Gasteiger charge is 2.21. The van der Waals surface area contributed by atoms with Crippen LogP contribution < -0.4 is 5.32 Å².